The number of carbonyl (C=O) groups excluding carboxylic acids is 2. The Morgan fingerprint density at radius 3 is 2.05 bits per heavy atom. The van der Waals surface area contributed by atoms with Gasteiger partial charge < -0.3 is 14.7 Å². The fraction of sp³-hybridized carbons (Fsp3) is 0.846. The second kappa shape index (κ2) is 8.25. The third-order valence-electron chi connectivity index (χ3n) is 3.46. The first-order valence-electron chi connectivity index (χ1n) is 7.01. The normalized spacial score (nSPS) is 15.5. The molecule has 0 spiro atoms. The summed E-state index contributed by atoms with van der Waals surface area (Å²) in [4.78, 5) is 29.4. The molecular weight excluding hydrogens is 266 g/mol. The standard InChI is InChI=1S/C13H24ClN3O2/c1-3-15(4-2)13(19)17-10-8-16(9-11-17)12(18)6-5-7-14/h3-11H2,1-2H3. The molecule has 0 aromatic rings. The van der Waals surface area contributed by atoms with Crippen LogP contribution in [0.4, 0.5) is 4.79 Å². The molecule has 0 aromatic heterocycles. The fourth-order valence-electron chi connectivity index (χ4n) is 2.22. The van der Waals surface area contributed by atoms with Crippen LogP contribution in [0.3, 0.4) is 0 Å². The van der Waals surface area contributed by atoms with E-state index in [0.717, 1.165) is 19.5 Å². The summed E-state index contributed by atoms with van der Waals surface area (Å²) in [5.41, 5.74) is 0. The van der Waals surface area contributed by atoms with Crippen molar-refractivity contribution in [3.8, 4) is 0 Å². The molecule has 0 bridgehead atoms. The molecule has 19 heavy (non-hydrogen) atoms. The number of amides is 3. The van der Waals surface area contributed by atoms with Gasteiger partial charge in [0.1, 0.15) is 0 Å². The molecule has 0 unspecified atom stereocenters. The lowest BCUT2D eigenvalue weighted by Gasteiger charge is -2.37. The summed E-state index contributed by atoms with van der Waals surface area (Å²) in [6.07, 6.45) is 1.23. The Morgan fingerprint density at radius 1 is 1.05 bits per heavy atom. The predicted molar refractivity (Wildman–Crippen MR) is 76.4 cm³/mol. The van der Waals surface area contributed by atoms with E-state index in [0.29, 0.717) is 38.5 Å². The number of urea groups is 1. The van der Waals surface area contributed by atoms with E-state index in [4.69, 9.17) is 11.6 Å². The van der Waals surface area contributed by atoms with Crippen molar-refractivity contribution in [2.24, 2.45) is 0 Å². The van der Waals surface area contributed by atoms with Crippen LogP contribution in [0.2, 0.25) is 0 Å². The maximum absolute atomic E-state index is 12.1. The molecule has 1 rings (SSSR count). The molecule has 1 aliphatic heterocycles. The van der Waals surface area contributed by atoms with Gasteiger partial charge in [-0.2, -0.15) is 0 Å². The number of alkyl halides is 1. The first kappa shape index (κ1) is 16.1. The van der Waals surface area contributed by atoms with E-state index in [-0.39, 0.29) is 11.9 Å². The molecule has 0 atom stereocenters. The Labute approximate surface area is 120 Å². The Balaban J connectivity index is 2.40. The minimum Gasteiger partial charge on any atom is -0.339 e. The van der Waals surface area contributed by atoms with Crippen LogP contribution in [0.1, 0.15) is 26.7 Å². The molecule has 1 aliphatic rings. The van der Waals surface area contributed by atoms with Gasteiger partial charge in [0.15, 0.2) is 0 Å². The van der Waals surface area contributed by atoms with Crippen molar-refractivity contribution < 1.29 is 9.59 Å². The minimum atomic E-state index is 0.0813. The van der Waals surface area contributed by atoms with Crippen molar-refractivity contribution in [1.82, 2.24) is 14.7 Å². The van der Waals surface area contributed by atoms with Gasteiger partial charge in [-0.15, -0.1) is 11.6 Å². The van der Waals surface area contributed by atoms with Crippen LogP contribution in [0.25, 0.3) is 0 Å². The SMILES string of the molecule is CCN(CC)C(=O)N1CCN(C(=O)CCCCl)CC1. The van der Waals surface area contributed by atoms with E-state index >= 15 is 0 Å². The Morgan fingerprint density at radius 2 is 1.58 bits per heavy atom. The summed E-state index contributed by atoms with van der Waals surface area (Å²) in [6.45, 7) is 7.93. The molecule has 0 saturated carbocycles. The van der Waals surface area contributed by atoms with E-state index in [2.05, 4.69) is 0 Å². The van der Waals surface area contributed by atoms with E-state index in [1.54, 1.807) is 0 Å². The monoisotopic (exact) mass is 289 g/mol. The van der Waals surface area contributed by atoms with Gasteiger partial charge in [0.05, 0.1) is 0 Å². The van der Waals surface area contributed by atoms with Crippen molar-refractivity contribution >= 4 is 23.5 Å². The van der Waals surface area contributed by atoms with E-state index in [1.165, 1.54) is 0 Å². The molecule has 0 N–H and O–H groups in total. The van der Waals surface area contributed by atoms with Crippen LogP contribution in [-0.2, 0) is 4.79 Å². The molecule has 110 valence electrons. The zero-order valence-corrected chi connectivity index (χ0v) is 12.7. The molecule has 1 heterocycles. The molecule has 0 radical (unpaired) electrons. The average molecular weight is 290 g/mol. The van der Waals surface area contributed by atoms with Crippen molar-refractivity contribution in [2.75, 3.05) is 45.1 Å². The predicted octanol–water partition coefficient (Wildman–Crippen LogP) is 1.61. The maximum Gasteiger partial charge on any atom is 0.320 e. The number of hydrogen-bond acceptors (Lipinski definition) is 2. The summed E-state index contributed by atoms with van der Waals surface area (Å²) in [7, 11) is 0. The lowest BCUT2D eigenvalue weighted by atomic mass is 10.2. The van der Waals surface area contributed by atoms with Gasteiger partial charge in [0, 0.05) is 51.6 Å². The summed E-state index contributed by atoms with van der Waals surface area (Å²) in [5.74, 6) is 0.669. The number of hydrogen-bond donors (Lipinski definition) is 0. The first-order valence-corrected chi connectivity index (χ1v) is 7.55. The highest BCUT2D eigenvalue weighted by Crippen LogP contribution is 2.08. The highest BCUT2D eigenvalue weighted by atomic mass is 35.5. The highest BCUT2D eigenvalue weighted by Gasteiger charge is 2.25. The van der Waals surface area contributed by atoms with Crippen LogP contribution < -0.4 is 0 Å². The summed E-state index contributed by atoms with van der Waals surface area (Å²) in [6, 6.07) is 0.0813. The smallest absolute Gasteiger partial charge is 0.320 e. The molecule has 1 fully saturated rings. The van der Waals surface area contributed by atoms with Crippen molar-refractivity contribution in [1.29, 1.82) is 0 Å². The number of rotatable bonds is 5. The lowest BCUT2D eigenvalue weighted by Crippen LogP contribution is -2.54. The van der Waals surface area contributed by atoms with Crippen molar-refractivity contribution in [3.63, 3.8) is 0 Å². The van der Waals surface area contributed by atoms with Gasteiger partial charge in [0.2, 0.25) is 5.91 Å². The minimum absolute atomic E-state index is 0.0813. The third kappa shape index (κ3) is 4.56. The lowest BCUT2D eigenvalue weighted by molar-refractivity contribution is -0.132. The Bertz CT molecular complexity index is 300. The molecule has 6 heteroatoms. The molecule has 0 aromatic carbocycles. The highest BCUT2D eigenvalue weighted by molar-refractivity contribution is 6.17. The average Bonchev–Trinajstić information content (AvgIpc) is 2.46. The van der Waals surface area contributed by atoms with Gasteiger partial charge in [0.25, 0.3) is 0 Å². The van der Waals surface area contributed by atoms with Gasteiger partial charge in [-0.1, -0.05) is 0 Å². The summed E-state index contributed by atoms with van der Waals surface area (Å²) in [5, 5.41) is 0. The van der Waals surface area contributed by atoms with Crippen LogP contribution in [-0.4, -0.2) is 71.8 Å². The van der Waals surface area contributed by atoms with Gasteiger partial charge in [-0.05, 0) is 20.3 Å². The van der Waals surface area contributed by atoms with Gasteiger partial charge in [-0.3, -0.25) is 4.79 Å². The fourth-order valence-corrected chi connectivity index (χ4v) is 2.35. The van der Waals surface area contributed by atoms with E-state index in [1.807, 2.05) is 28.5 Å². The molecule has 5 nitrogen and oxygen atoms in total. The Hall–Kier alpha value is -0.970. The van der Waals surface area contributed by atoms with Gasteiger partial charge in [-0.25, -0.2) is 4.79 Å². The first-order chi connectivity index (χ1) is 9.13. The van der Waals surface area contributed by atoms with E-state index in [9.17, 15) is 9.59 Å². The van der Waals surface area contributed by atoms with Crippen LogP contribution in [0.5, 0.6) is 0 Å². The van der Waals surface area contributed by atoms with Crippen LogP contribution in [0.15, 0.2) is 0 Å². The Kier molecular flexibility index (Phi) is 6.99. The second-order valence-electron chi connectivity index (χ2n) is 4.62. The zero-order valence-electron chi connectivity index (χ0n) is 11.9. The molecular formula is C13H24ClN3O2. The summed E-state index contributed by atoms with van der Waals surface area (Å²) >= 11 is 5.59. The van der Waals surface area contributed by atoms with Crippen molar-refractivity contribution in [2.45, 2.75) is 26.7 Å². The van der Waals surface area contributed by atoms with Gasteiger partial charge >= 0.3 is 6.03 Å². The maximum atomic E-state index is 12.1. The second-order valence-corrected chi connectivity index (χ2v) is 4.99. The molecule has 0 aliphatic carbocycles. The number of piperazine rings is 1. The molecule has 1 saturated heterocycles. The zero-order chi connectivity index (χ0) is 14.3. The number of halogens is 1. The number of carbonyl (C=O) groups is 2. The third-order valence-corrected chi connectivity index (χ3v) is 3.73. The van der Waals surface area contributed by atoms with Crippen molar-refractivity contribution in [3.05, 3.63) is 0 Å². The number of nitrogens with zero attached hydrogens (tertiary/aromatic N) is 3. The summed E-state index contributed by atoms with van der Waals surface area (Å²) < 4.78 is 0. The quantitative estimate of drug-likeness (QED) is 0.722. The van der Waals surface area contributed by atoms with Crippen LogP contribution >= 0.6 is 11.6 Å². The van der Waals surface area contributed by atoms with Crippen LogP contribution in [0, 0.1) is 0 Å². The molecule has 3 amide bonds. The van der Waals surface area contributed by atoms with E-state index < -0.39 is 0 Å². The largest absolute Gasteiger partial charge is 0.339 e. The topological polar surface area (TPSA) is 43.9 Å².